The Bertz CT molecular complexity index is 895. The van der Waals surface area contributed by atoms with E-state index in [1.165, 1.54) is 16.2 Å². The highest BCUT2D eigenvalue weighted by Crippen LogP contribution is 2.37. The summed E-state index contributed by atoms with van der Waals surface area (Å²) >= 11 is 7.10. The molecular formula is C18H19ClN4O2S. The fourth-order valence-corrected chi connectivity index (χ4v) is 3.86. The first-order valence-corrected chi connectivity index (χ1v) is 9.33. The van der Waals surface area contributed by atoms with Gasteiger partial charge in [0.05, 0.1) is 21.2 Å². The summed E-state index contributed by atoms with van der Waals surface area (Å²) in [6, 6.07) is 10.7. The normalized spacial score (nSPS) is 20.0. The number of thiophene rings is 1. The van der Waals surface area contributed by atoms with Crippen molar-refractivity contribution in [2.45, 2.75) is 25.3 Å². The van der Waals surface area contributed by atoms with Crippen LogP contribution in [0.3, 0.4) is 0 Å². The van der Waals surface area contributed by atoms with E-state index in [0.717, 1.165) is 5.56 Å². The molecule has 26 heavy (non-hydrogen) atoms. The van der Waals surface area contributed by atoms with E-state index >= 15 is 0 Å². The van der Waals surface area contributed by atoms with Crippen LogP contribution in [0, 0.1) is 0 Å². The monoisotopic (exact) mass is 390 g/mol. The van der Waals surface area contributed by atoms with E-state index in [0.29, 0.717) is 21.3 Å². The zero-order valence-electron chi connectivity index (χ0n) is 14.5. The first-order valence-electron chi connectivity index (χ1n) is 8.14. The van der Waals surface area contributed by atoms with Gasteiger partial charge < -0.3 is 11.1 Å². The number of halogens is 1. The molecule has 0 fully saturated rings. The molecule has 1 unspecified atom stereocenters. The zero-order valence-corrected chi connectivity index (χ0v) is 16.0. The summed E-state index contributed by atoms with van der Waals surface area (Å²) < 4.78 is 0.559. The number of hydrogen-bond acceptors (Lipinski definition) is 5. The number of carbonyl (C=O) groups excluding carboxylic acids is 2. The first kappa shape index (κ1) is 18.4. The maximum Gasteiger partial charge on any atom is 0.265 e. The minimum atomic E-state index is -0.722. The van der Waals surface area contributed by atoms with Crippen LogP contribution in [-0.4, -0.2) is 29.7 Å². The summed E-state index contributed by atoms with van der Waals surface area (Å²) in [6.45, 7) is 1.97. The van der Waals surface area contributed by atoms with Crippen molar-refractivity contribution in [3.63, 3.8) is 0 Å². The topological polar surface area (TPSA) is 87.8 Å². The molecular weight excluding hydrogens is 372 g/mol. The molecule has 2 amide bonds. The van der Waals surface area contributed by atoms with Gasteiger partial charge in [0, 0.05) is 12.7 Å². The molecule has 3 N–H and O–H groups in total. The van der Waals surface area contributed by atoms with E-state index < -0.39 is 5.54 Å². The van der Waals surface area contributed by atoms with Crippen LogP contribution in [-0.2, 0) is 10.3 Å². The Morgan fingerprint density at radius 2 is 2.19 bits per heavy atom. The fourth-order valence-electron chi connectivity index (χ4n) is 2.92. The van der Waals surface area contributed by atoms with Gasteiger partial charge in [0.15, 0.2) is 5.96 Å². The minimum Gasteiger partial charge on any atom is -0.369 e. The second kappa shape index (κ2) is 7.09. The number of rotatable bonds is 4. The van der Waals surface area contributed by atoms with Gasteiger partial charge in [-0.15, -0.1) is 11.3 Å². The number of amides is 2. The van der Waals surface area contributed by atoms with Gasteiger partial charge in [-0.1, -0.05) is 30.7 Å². The van der Waals surface area contributed by atoms with Gasteiger partial charge in [-0.2, -0.15) is 0 Å². The predicted molar refractivity (Wildman–Crippen MR) is 105 cm³/mol. The van der Waals surface area contributed by atoms with Crippen molar-refractivity contribution in [3.05, 3.63) is 51.2 Å². The van der Waals surface area contributed by atoms with Crippen LogP contribution in [0.15, 0.2) is 41.4 Å². The number of nitrogens with one attached hydrogen (secondary N) is 1. The standard InChI is InChI=1S/C18H19ClN4O2S/c1-3-18(10-15(24)23(2)17(20)22-18)11-5-4-6-12(9-11)21-16(25)13-7-8-14(19)26-13/h4-9H,3,10H2,1-2H3,(H2,20,22)(H,21,25). The molecule has 0 saturated carbocycles. The molecule has 1 aliphatic heterocycles. The maximum absolute atomic E-state index is 12.3. The van der Waals surface area contributed by atoms with Crippen molar-refractivity contribution in [1.82, 2.24) is 4.90 Å². The minimum absolute atomic E-state index is 0.0815. The summed E-state index contributed by atoms with van der Waals surface area (Å²) in [5.41, 5.74) is 6.68. The van der Waals surface area contributed by atoms with Crippen molar-refractivity contribution in [1.29, 1.82) is 0 Å². The van der Waals surface area contributed by atoms with Crippen LogP contribution in [0.4, 0.5) is 5.69 Å². The summed E-state index contributed by atoms with van der Waals surface area (Å²) in [6.07, 6.45) is 0.851. The van der Waals surface area contributed by atoms with Crippen LogP contribution in [0.2, 0.25) is 4.34 Å². The van der Waals surface area contributed by atoms with E-state index in [1.54, 1.807) is 25.2 Å². The van der Waals surface area contributed by atoms with Gasteiger partial charge in [0.1, 0.15) is 0 Å². The van der Waals surface area contributed by atoms with Gasteiger partial charge in [-0.05, 0) is 36.2 Å². The molecule has 1 aromatic heterocycles. The quantitative estimate of drug-likeness (QED) is 0.838. The van der Waals surface area contributed by atoms with Gasteiger partial charge in [-0.3, -0.25) is 14.5 Å². The lowest BCUT2D eigenvalue weighted by Crippen LogP contribution is -2.48. The van der Waals surface area contributed by atoms with Crippen LogP contribution in [0.5, 0.6) is 0 Å². The molecule has 3 rings (SSSR count). The first-order chi connectivity index (χ1) is 12.3. The molecule has 8 heteroatoms. The highest BCUT2D eigenvalue weighted by Gasteiger charge is 2.38. The summed E-state index contributed by atoms with van der Waals surface area (Å²) in [4.78, 5) is 31.1. The van der Waals surface area contributed by atoms with E-state index in [9.17, 15) is 9.59 Å². The number of nitrogens with two attached hydrogens (primary N) is 1. The van der Waals surface area contributed by atoms with E-state index in [4.69, 9.17) is 17.3 Å². The number of guanidine groups is 1. The maximum atomic E-state index is 12.3. The number of benzene rings is 1. The molecule has 0 aliphatic carbocycles. The Kier molecular flexibility index (Phi) is 5.02. The Labute approximate surface area is 160 Å². The van der Waals surface area contributed by atoms with Crippen molar-refractivity contribution in [2.24, 2.45) is 10.7 Å². The lowest BCUT2D eigenvalue weighted by molar-refractivity contribution is -0.128. The van der Waals surface area contributed by atoms with Crippen molar-refractivity contribution in [2.75, 3.05) is 12.4 Å². The van der Waals surface area contributed by atoms with Crippen molar-refractivity contribution >= 4 is 46.4 Å². The van der Waals surface area contributed by atoms with Gasteiger partial charge >= 0.3 is 0 Å². The highest BCUT2D eigenvalue weighted by atomic mass is 35.5. The van der Waals surface area contributed by atoms with Crippen LogP contribution >= 0.6 is 22.9 Å². The van der Waals surface area contributed by atoms with E-state index in [1.807, 2.05) is 25.1 Å². The highest BCUT2D eigenvalue weighted by molar-refractivity contribution is 7.18. The van der Waals surface area contributed by atoms with Gasteiger partial charge in [-0.25, -0.2) is 4.99 Å². The molecule has 0 saturated heterocycles. The molecule has 1 aromatic carbocycles. The van der Waals surface area contributed by atoms with Gasteiger partial charge in [0.2, 0.25) is 5.91 Å². The number of hydrogen-bond donors (Lipinski definition) is 2. The molecule has 1 atom stereocenters. The van der Waals surface area contributed by atoms with Gasteiger partial charge in [0.25, 0.3) is 5.91 Å². The third-order valence-electron chi connectivity index (χ3n) is 4.53. The molecule has 0 bridgehead atoms. The number of anilines is 1. The Morgan fingerprint density at radius 1 is 1.42 bits per heavy atom. The summed E-state index contributed by atoms with van der Waals surface area (Å²) in [5.74, 6) is -0.111. The molecule has 1 aliphatic rings. The van der Waals surface area contributed by atoms with Crippen molar-refractivity contribution < 1.29 is 9.59 Å². The number of nitrogens with zero attached hydrogens (tertiary/aromatic N) is 2. The van der Waals surface area contributed by atoms with Crippen molar-refractivity contribution in [3.8, 4) is 0 Å². The second-order valence-electron chi connectivity index (χ2n) is 6.12. The van der Waals surface area contributed by atoms with Crippen LogP contribution < -0.4 is 11.1 Å². The summed E-state index contributed by atoms with van der Waals surface area (Å²) in [7, 11) is 1.61. The lowest BCUT2D eigenvalue weighted by atomic mass is 9.83. The van der Waals surface area contributed by atoms with E-state index in [-0.39, 0.29) is 24.2 Å². The molecule has 2 aromatic rings. The fraction of sp³-hybridized carbons (Fsp3) is 0.278. The SMILES string of the molecule is CCC1(c2cccc(NC(=O)c3ccc(Cl)s3)c2)CC(=O)N(C)C(N)=N1. The average molecular weight is 391 g/mol. The van der Waals surface area contributed by atoms with Crippen LogP contribution in [0.25, 0.3) is 0 Å². The zero-order chi connectivity index (χ0) is 18.9. The molecule has 6 nitrogen and oxygen atoms in total. The molecule has 0 radical (unpaired) electrons. The molecule has 2 heterocycles. The Hall–Kier alpha value is -2.38. The largest absolute Gasteiger partial charge is 0.369 e. The lowest BCUT2D eigenvalue weighted by Gasteiger charge is -2.36. The Morgan fingerprint density at radius 3 is 2.81 bits per heavy atom. The number of carbonyl (C=O) groups is 2. The third kappa shape index (κ3) is 3.45. The second-order valence-corrected chi connectivity index (χ2v) is 7.84. The number of aliphatic imine (C=N–C) groups is 1. The average Bonchev–Trinajstić information content (AvgIpc) is 3.06. The predicted octanol–water partition coefficient (Wildman–Crippen LogP) is 3.44. The van der Waals surface area contributed by atoms with Crippen LogP contribution in [0.1, 0.15) is 35.0 Å². The molecule has 136 valence electrons. The third-order valence-corrected chi connectivity index (χ3v) is 5.76. The summed E-state index contributed by atoms with van der Waals surface area (Å²) in [5, 5.41) is 2.86. The molecule has 0 spiro atoms. The Balaban J connectivity index is 1.91. The van der Waals surface area contributed by atoms with E-state index in [2.05, 4.69) is 10.3 Å². The smallest absolute Gasteiger partial charge is 0.265 e.